The van der Waals surface area contributed by atoms with Crippen molar-refractivity contribution >= 4 is 0 Å². The molecule has 0 heterocycles. The van der Waals surface area contributed by atoms with Gasteiger partial charge in [-0.1, -0.05) is 12.8 Å². The number of terminal acetylenes is 1. The van der Waals surface area contributed by atoms with Gasteiger partial charge in [0.05, 0.1) is 6.10 Å². The van der Waals surface area contributed by atoms with Gasteiger partial charge in [0.15, 0.2) is 0 Å². The highest BCUT2D eigenvalue weighted by Crippen LogP contribution is 2.39. The lowest BCUT2D eigenvalue weighted by atomic mass is 9.69. The van der Waals surface area contributed by atoms with Gasteiger partial charge in [-0.2, -0.15) is 0 Å². The highest BCUT2D eigenvalue weighted by atomic mass is 16.3. The molecule has 0 spiro atoms. The summed E-state index contributed by atoms with van der Waals surface area (Å²) in [6, 6.07) is 0. The Balaban J connectivity index is 2.60. The minimum Gasteiger partial charge on any atom is -0.393 e. The van der Waals surface area contributed by atoms with Crippen LogP contribution in [0.25, 0.3) is 0 Å². The fraction of sp³-hybridized carbons (Fsp3) is 0.818. The molecule has 1 rings (SSSR count). The molecule has 0 amide bonds. The zero-order valence-corrected chi connectivity index (χ0v) is 8.13. The lowest BCUT2D eigenvalue weighted by molar-refractivity contribution is -0.0108. The second-order valence-electron chi connectivity index (χ2n) is 4.03. The van der Waals surface area contributed by atoms with Crippen LogP contribution in [0.4, 0.5) is 0 Å². The third kappa shape index (κ3) is 2.24. The monoisotopic (exact) mass is 181 g/mol. The first kappa shape index (κ1) is 10.6. The molecule has 0 aromatic rings. The van der Waals surface area contributed by atoms with E-state index in [2.05, 4.69) is 5.92 Å². The van der Waals surface area contributed by atoms with Gasteiger partial charge in [-0.3, -0.25) is 0 Å². The van der Waals surface area contributed by atoms with E-state index in [0.29, 0.717) is 6.54 Å². The molecule has 0 radical (unpaired) electrons. The zero-order chi connectivity index (χ0) is 9.73. The molecule has 0 saturated heterocycles. The average molecular weight is 181 g/mol. The predicted octanol–water partition coefficient (Wildman–Crippen LogP) is 1.28. The Morgan fingerprint density at radius 1 is 1.54 bits per heavy atom. The molecule has 1 saturated carbocycles. The molecule has 0 bridgehead atoms. The van der Waals surface area contributed by atoms with E-state index in [1.165, 1.54) is 6.42 Å². The molecule has 0 aliphatic heterocycles. The second-order valence-corrected chi connectivity index (χ2v) is 4.03. The molecule has 2 unspecified atom stereocenters. The van der Waals surface area contributed by atoms with Crippen LogP contribution in [0.5, 0.6) is 0 Å². The van der Waals surface area contributed by atoms with Crippen LogP contribution in [0.2, 0.25) is 0 Å². The summed E-state index contributed by atoms with van der Waals surface area (Å²) in [5, 5.41) is 9.90. The molecular weight excluding hydrogens is 162 g/mol. The molecule has 0 aromatic heterocycles. The van der Waals surface area contributed by atoms with Crippen molar-refractivity contribution in [2.24, 2.45) is 11.1 Å². The highest BCUT2D eigenvalue weighted by molar-refractivity contribution is 4.95. The van der Waals surface area contributed by atoms with E-state index in [9.17, 15) is 5.11 Å². The number of nitrogens with two attached hydrogens (primary N) is 1. The third-order valence-corrected chi connectivity index (χ3v) is 3.28. The molecule has 2 atom stereocenters. The molecule has 13 heavy (non-hydrogen) atoms. The summed E-state index contributed by atoms with van der Waals surface area (Å²) in [6.45, 7) is 0.565. The Morgan fingerprint density at radius 2 is 2.31 bits per heavy atom. The summed E-state index contributed by atoms with van der Waals surface area (Å²) in [7, 11) is 0. The van der Waals surface area contributed by atoms with E-state index in [4.69, 9.17) is 12.2 Å². The normalized spacial score (nSPS) is 34.1. The van der Waals surface area contributed by atoms with E-state index in [0.717, 1.165) is 32.1 Å². The van der Waals surface area contributed by atoms with Crippen LogP contribution in [0.15, 0.2) is 0 Å². The van der Waals surface area contributed by atoms with Gasteiger partial charge in [-0.05, 0) is 19.3 Å². The number of aliphatic hydroxyl groups is 1. The van der Waals surface area contributed by atoms with E-state index in [-0.39, 0.29) is 11.5 Å². The zero-order valence-electron chi connectivity index (χ0n) is 8.13. The van der Waals surface area contributed by atoms with Crippen LogP contribution >= 0.6 is 0 Å². The van der Waals surface area contributed by atoms with E-state index in [1.807, 2.05) is 0 Å². The molecule has 1 aliphatic carbocycles. The first-order valence-corrected chi connectivity index (χ1v) is 5.07. The van der Waals surface area contributed by atoms with Crippen LogP contribution in [0.1, 0.15) is 38.5 Å². The highest BCUT2D eigenvalue weighted by Gasteiger charge is 2.37. The molecular formula is C11H19NO. The Morgan fingerprint density at radius 3 is 2.85 bits per heavy atom. The maximum Gasteiger partial charge on any atom is 0.0608 e. The summed E-state index contributed by atoms with van der Waals surface area (Å²) in [5.41, 5.74) is 5.66. The molecule has 1 aliphatic rings. The molecule has 2 heteroatoms. The largest absolute Gasteiger partial charge is 0.393 e. The second kappa shape index (κ2) is 4.64. The maximum absolute atomic E-state index is 9.90. The number of hydrogen-bond donors (Lipinski definition) is 2. The SMILES string of the molecule is C#CCCC1(CN)CCCCC1O. The van der Waals surface area contributed by atoms with Crippen molar-refractivity contribution in [3.63, 3.8) is 0 Å². The van der Waals surface area contributed by atoms with Crippen LogP contribution in [-0.4, -0.2) is 17.8 Å². The van der Waals surface area contributed by atoms with Gasteiger partial charge in [0.25, 0.3) is 0 Å². The summed E-state index contributed by atoms with van der Waals surface area (Å²) in [4.78, 5) is 0. The molecule has 0 aromatic carbocycles. The Kier molecular flexibility index (Phi) is 3.77. The van der Waals surface area contributed by atoms with Crippen molar-refractivity contribution in [3.05, 3.63) is 0 Å². The first-order valence-electron chi connectivity index (χ1n) is 5.07. The topological polar surface area (TPSA) is 46.2 Å². The summed E-state index contributed by atoms with van der Waals surface area (Å²) in [6.07, 6.45) is 10.8. The summed E-state index contributed by atoms with van der Waals surface area (Å²) < 4.78 is 0. The van der Waals surface area contributed by atoms with Crippen molar-refractivity contribution in [1.29, 1.82) is 0 Å². The van der Waals surface area contributed by atoms with Gasteiger partial charge < -0.3 is 10.8 Å². The molecule has 3 N–H and O–H groups in total. The lowest BCUT2D eigenvalue weighted by Crippen LogP contribution is -2.44. The third-order valence-electron chi connectivity index (χ3n) is 3.28. The van der Waals surface area contributed by atoms with Gasteiger partial charge in [0.2, 0.25) is 0 Å². The van der Waals surface area contributed by atoms with Crippen molar-refractivity contribution in [3.8, 4) is 12.3 Å². The number of hydrogen-bond acceptors (Lipinski definition) is 2. The van der Waals surface area contributed by atoms with Crippen LogP contribution in [0.3, 0.4) is 0 Å². The van der Waals surface area contributed by atoms with Gasteiger partial charge in [0, 0.05) is 18.4 Å². The quantitative estimate of drug-likeness (QED) is 0.644. The van der Waals surface area contributed by atoms with E-state index < -0.39 is 0 Å². The number of aliphatic hydroxyl groups excluding tert-OH is 1. The Hall–Kier alpha value is -0.520. The van der Waals surface area contributed by atoms with Gasteiger partial charge in [-0.15, -0.1) is 12.3 Å². The average Bonchev–Trinajstić information content (AvgIpc) is 2.17. The van der Waals surface area contributed by atoms with Crippen molar-refractivity contribution in [2.45, 2.75) is 44.6 Å². The Bertz CT molecular complexity index is 197. The minimum absolute atomic E-state index is 0.0787. The molecule has 74 valence electrons. The van der Waals surface area contributed by atoms with Crippen molar-refractivity contribution < 1.29 is 5.11 Å². The van der Waals surface area contributed by atoms with Gasteiger partial charge in [0.1, 0.15) is 0 Å². The molecule has 2 nitrogen and oxygen atoms in total. The fourth-order valence-corrected chi connectivity index (χ4v) is 2.24. The Labute approximate surface area is 80.5 Å². The summed E-state index contributed by atoms with van der Waals surface area (Å²) >= 11 is 0. The maximum atomic E-state index is 9.90. The lowest BCUT2D eigenvalue weighted by Gasteiger charge is -2.40. The van der Waals surface area contributed by atoms with Crippen LogP contribution in [0, 0.1) is 17.8 Å². The van der Waals surface area contributed by atoms with Gasteiger partial charge in [-0.25, -0.2) is 0 Å². The van der Waals surface area contributed by atoms with E-state index >= 15 is 0 Å². The smallest absolute Gasteiger partial charge is 0.0608 e. The van der Waals surface area contributed by atoms with Crippen LogP contribution < -0.4 is 5.73 Å². The van der Waals surface area contributed by atoms with Crippen molar-refractivity contribution in [2.75, 3.05) is 6.54 Å². The van der Waals surface area contributed by atoms with Crippen molar-refractivity contribution in [1.82, 2.24) is 0 Å². The van der Waals surface area contributed by atoms with E-state index in [1.54, 1.807) is 0 Å². The summed E-state index contributed by atoms with van der Waals surface area (Å²) in [5.74, 6) is 2.63. The molecule has 1 fully saturated rings. The predicted molar refractivity (Wildman–Crippen MR) is 54.0 cm³/mol. The standard InChI is InChI=1S/C11H19NO/c1-2-3-7-11(9-12)8-5-4-6-10(11)13/h1,10,13H,3-9,12H2. The fourth-order valence-electron chi connectivity index (χ4n) is 2.24. The van der Waals surface area contributed by atoms with Gasteiger partial charge >= 0.3 is 0 Å². The van der Waals surface area contributed by atoms with Crippen LogP contribution in [-0.2, 0) is 0 Å². The number of rotatable bonds is 3. The minimum atomic E-state index is -0.236. The first-order chi connectivity index (χ1) is 6.25.